The van der Waals surface area contributed by atoms with Gasteiger partial charge in [-0.15, -0.1) is 0 Å². The normalized spacial score (nSPS) is 26.6. The molecule has 2 aliphatic rings. The highest BCUT2D eigenvalue weighted by Crippen LogP contribution is 2.28. The molecule has 2 fully saturated rings. The smallest absolute Gasteiger partial charge is 0.246 e. The van der Waals surface area contributed by atoms with E-state index in [9.17, 15) is 43.2 Å². The van der Waals surface area contributed by atoms with Crippen LogP contribution in [0.1, 0.15) is 107 Å². The van der Waals surface area contributed by atoms with E-state index < -0.39 is 114 Å². The number of benzene rings is 1. The van der Waals surface area contributed by atoms with Gasteiger partial charge in [0.05, 0.1) is 13.7 Å². The number of nitrogens with zero attached hydrogens (tertiary/aromatic N) is 9. The number of carbonyl (C=O) groups excluding carboxylic acids is 9. The molecule has 19 nitrogen and oxygen atoms in total. The van der Waals surface area contributed by atoms with Crippen LogP contribution in [0, 0.1) is 23.7 Å². The molecule has 9 amide bonds. The molecule has 19 heteroatoms. The zero-order chi connectivity index (χ0) is 55.7. The van der Waals surface area contributed by atoms with Crippen molar-refractivity contribution < 1.29 is 47.9 Å². The zero-order valence-electron chi connectivity index (χ0n) is 47.5. The van der Waals surface area contributed by atoms with E-state index in [0.29, 0.717) is 30.6 Å². The molecule has 0 aliphatic carbocycles. The molecule has 1 aromatic carbocycles. The van der Waals surface area contributed by atoms with Gasteiger partial charge in [0, 0.05) is 69.3 Å². The Morgan fingerprint density at radius 2 is 1.00 bits per heavy atom. The van der Waals surface area contributed by atoms with Crippen molar-refractivity contribution in [2.45, 2.75) is 156 Å². The van der Waals surface area contributed by atoms with Crippen molar-refractivity contribution >= 4 is 53.2 Å². The summed E-state index contributed by atoms with van der Waals surface area (Å²) in [4.78, 5) is 144. The lowest BCUT2D eigenvalue weighted by Crippen LogP contribution is -2.62. The summed E-state index contributed by atoms with van der Waals surface area (Å²) in [5.74, 6) is -5.06. The molecule has 3 rings (SSSR count). The van der Waals surface area contributed by atoms with Crippen LogP contribution in [0.15, 0.2) is 24.3 Å². The predicted molar refractivity (Wildman–Crippen MR) is 280 cm³/mol. The van der Waals surface area contributed by atoms with Crippen LogP contribution in [0.2, 0.25) is 0 Å². The van der Waals surface area contributed by atoms with E-state index in [1.165, 1.54) is 108 Å². The van der Waals surface area contributed by atoms with Crippen LogP contribution in [0.25, 0.3) is 0 Å². The standard InChI is InChI=1S/C54H89N9O10/c1-20-35(8)46-54(72)57(13)36(9)47(65)55(11)31-44(64)58(14)42(29-33(4)5)52(70)63-27-21-22-40(63)49(67)59(15)43(30-38-23-25-39(73-19)26-24-38)50(68)56(12)37(10)48(66)61(17)45(34(6)7)53(71)60(16)41(28-32(2)3)51(69)62(46)18/h23-26,32-37,40-43,45-46H,20-22,27-31H2,1-19H3/t35-,36-,37-,40-,41-,42-,43-,45-,46-/m0/s1. The summed E-state index contributed by atoms with van der Waals surface area (Å²) in [5.41, 5.74) is 0.698. The molecular formula is C54H89N9O10. The molecule has 0 spiro atoms. The monoisotopic (exact) mass is 1020 g/mol. The number of methoxy groups -OCH3 is 1. The number of carbonyl (C=O) groups is 9. The van der Waals surface area contributed by atoms with Gasteiger partial charge in [-0.3, -0.25) is 43.2 Å². The highest BCUT2D eigenvalue weighted by atomic mass is 16.5. The molecule has 2 aliphatic heterocycles. The van der Waals surface area contributed by atoms with Gasteiger partial charge in [0.15, 0.2) is 0 Å². The quantitative estimate of drug-likeness (QED) is 0.336. The van der Waals surface area contributed by atoms with E-state index >= 15 is 0 Å². The number of fused-ring (bicyclic) bond motifs is 1. The van der Waals surface area contributed by atoms with E-state index in [-0.39, 0.29) is 43.6 Å². The van der Waals surface area contributed by atoms with Crippen molar-refractivity contribution in [2.75, 3.05) is 76.6 Å². The fourth-order valence-electron chi connectivity index (χ4n) is 10.1. The highest BCUT2D eigenvalue weighted by molar-refractivity contribution is 5.99. The number of amides is 9. The fraction of sp³-hybridized carbons (Fsp3) is 0.722. The Hall–Kier alpha value is -5.75. The van der Waals surface area contributed by atoms with Gasteiger partial charge >= 0.3 is 0 Å². The van der Waals surface area contributed by atoms with E-state index in [4.69, 9.17) is 4.74 Å². The first-order valence-corrected chi connectivity index (χ1v) is 26.0. The lowest BCUT2D eigenvalue weighted by molar-refractivity contribution is -0.158. The summed E-state index contributed by atoms with van der Waals surface area (Å²) < 4.78 is 5.37. The second-order valence-electron chi connectivity index (χ2n) is 21.8. The molecule has 0 aromatic heterocycles. The van der Waals surface area contributed by atoms with Crippen LogP contribution >= 0.6 is 0 Å². The summed E-state index contributed by atoms with van der Waals surface area (Å²) in [5, 5.41) is 0. The van der Waals surface area contributed by atoms with Crippen LogP contribution in [-0.2, 0) is 49.6 Å². The Balaban J connectivity index is 2.29. The molecular weight excluding hydrogens is 935 g/mol. The number of ether oxygens (including phenoxy) is 1. The Morgan fingerprint density at radius 1 is 0.534 bits per heavy atom. The lowest BCUT2D eigenvalue weighted by atomic mass is 9.93. The molecule has 1 aromatic rings. The summed E-state index contributed by atoms with van der Waals surface area (Å²) in [7, 11) is 13.5. The van der Waals surface area contributed by atoms with Gasteiger partial charge in [-0.1, -0.05) is 73.9 Å². The van der Waals surface area contributed by atoms with Gasteiger partial charge in [-0.05, 0) is 80.9 Å². The van der Waals surface area contributed by atoms with E-state index in [1.54, 1.807) is 52.0 Å². The van der Waals surface area contributed by atoms with Gasteiger partial charge in [0.1, 0.15) is 54.1 Å². The van der Waals surface area contributed by atoms with Gasteiger partial charge < -0.3 is 48.8 Å². The first-order chi connectivity index (χ1) is 34.0. The van der Waals surface area contributed by atoms with Crippen LogP contribution in [0.4, 0.5) is 0 Å². The number of likely N-dealkylation sites (N-methyl/N-ethyl adjacent to an activating group) is 8. The van der Waals surface area contributed by atoms with Gasteiger partial charge in [0.2, 0.25) is 53.2 Å². The number of rotatable bonds is 10. The van der Waals surface area contributed by atoms with Crippen molar-refractivity contribution in [1.29, 1.82) is 0 Å². The minimum absolute atomic E-state index is 0.0434. The fourth-order valence-corrected chi connectivity index (χ4v) is 10.1. The summed E-state index contributed by atoms with van der Waals surface area (Å²) in [6.45, 7) is 17.9. The van der Waals surface area contributed by atoms with Crippen molar-refractivity contribution in [3.8, 4) is 5.75 Å². The Labute approximate surface area is 435 Å². The maximum Gasteiger partial charge on any atom is 0.246 e. The minimum Gasteiger partial charge on any atom is -0.497 e. The molecule has 9 atom stereocenters. The van der Waals surface area contributed by atoms with Gasteiger partial charge in [-0.2, -0.15) is 0 Å². The Morgan fingerprint density at radius 3 is 1.51 bits per heavy atom. The Kier molecular flexibility index (Phi) is 22.3. The van der Waals surface area contributed by atoms with E-state index in [1.807, 2.05) is 41.5 Å². The van der Waals surface area contributed by atoms with Crippen LogP contribution in [0.5, 0.6) is 5.75 Å². The molecule has 0 unspecified atom stereocenters. The highest BCUT2D eigenvalue weighted by Gasteiger charge is 2.46. The third-order valence-electron chi connectivity index (χ3n) is 15.3. The van der Waals surface area contributed by atoms with Crippen LogP contribution in [-0.4, -0.2) is 222 Å². The van der Waals surface area contributed by atoms with Gasteiger partial charge in [-0.25, -0.2) is 0 Å². The molecule has 0 saturated carbocycles. The van der Waals surface area contributed by atoms with Gasteiger partial charge in [0.25, 0.3) is 0 Å². The molecule has 0 bridgehead atoms. The van der Waals surface area contributed by atoms with Crippen molar-refractivity contribution in [2.24, 2.45) is 23.7 Å². The summed E-state index contributed by atoms with van der Waals surface area (Å²) in [6.07, 6.45) is 1.81. The molecule has 410 valence electrons. The third-order valence-corrected chi connectivity index (χ3v) is 15.3. The predicted octanol–water partition coefficient (Wildman–Crippen LogP) is 3.32. The molecule has 2 saturated heterocycles. The second-order valence-corrected chi connectivity index (χ2v) is 21.8. The largest absolute Gasteiger partial charge is 0.497 e. The number of hydrogen-bond acceptors (Lipinski definition) is 10. The topological polar surface area (TPSA) is 192 Å². The van der Waals surface area contributed by atoms with E-state index in [2.05, 4.69) is 0 Å². The van der Waals surface area contributed by atoms with Crippen LogP contribution in [0.3, 0.4) is 0 Å². The van der Waals surface area contributed by atoms with Crippen LogP contribution < -0.4 is 4.74 Å². The molecule has 0 radical (unpaired) electrons. The average molecular weight is 1020 g/mol. The summed E-state index contributed by atoms with van der Waals surface area (Å²) in [6, 6.07) is -1.48. The first kappa shape index (κ1) is 61.5. The lowest BCUT2D eigenvalue weighted by Gasteiger charge is -2.41. The number of hydrogen-bond donors (Lipinski definition) is 0. The first-order valence-electron chi connectivity index (χ1n) is 26.0. The maximum absolute atomic E-state index is 15.0. The summed E-state index contributed by atoms with van der Waals surface area (Å²) >= 11 is 0. The molecule has 0 N–H and O–H groups in total. The van der Waals surface area contributed by atoms with Crippen molar-refractivity contribution in [3.05, 3.63) is 29.8 Å². The SMILES string of the molecule is CC[C@H](C)[C@H]1C(=O)N(C)[C@@H](C)C(=O)N(C)CC(=O)N(C)[C@@H](CC(C)C)C(=O)N2CCC[C@H]2C(=O)N(C)[C@@H](Cc2ccc(OC)cc2)C(=O)N(C)[C@@H](C)C(=O)N(C)[C@@H](C(C)C)C(=O)N(C)[C@@H](CC(C)C)C(=O)N1C. The average Bonchev–Trinajstić information content (AvgIpc) is 3.85. The second kappa shape index (κ2) is 26.5. The maximum atomic E-state index is 15.0. The van der Waals surface area contributed by atoms with Crippen molar-refractivity contribution in [1.82, 2.24) is 44.1 Å². The third kappa shape index (κ3) is 14.3. The van der Waals surface area contributed by atoms with E-state index in [0.717, 1.165) is 0 Å². The minimum atomic E-state index is -1.16. The molecule has 2 heterocycles. The zero-order valence-corrected chi connectivity index (χ0v) is 47.5. The van der Waals surface area contributed by atoms with Crippen molar-refractivity contribution in [3.63, 3.8) is 0 Å². The molecule has 73 heavy (non-hydrogen) atoms. The Bertz CT molecular complexity index is 2130.